The fourth-order valence-corrected chi connectivity index (χ4v) is 4.63. The van der Waals surface area contributed by atoms with Crippen LogP contribution in [0, 0.1) is 0 Å². The van der Waals surface area contributed by atoms with Crippen LogP contribution in [0.4, 0.5) is 5.69 Å². The third-order valence-corrected chi connectivity index (χ3v) is 6.46. The third kappa shape index (κ3) is 5.75. The first-order valence-electron chi connectivity index (χ1n) is 10.1. The minimum atomic E-state index is -0.599. The molecule has 31 heavy (non-hydrogen) atoms. The summed E-state index contributed by atoms with van der Waals surface area (Å²) in [5, 5.41) is 18.1. The number of nitrogens with one attached hydrogen (secondary N) is 2. The molecule has 2 aromatic carbocycles. The van der Waals surface area contributed by atoms with Gasteiger partial charge in [0.15, 0.2) is 5.96 Å². The van der Waals surface area contributed by atoms with Gasteiger partial charge in [-0.3, -0.25) is 9.79 Å². The van der Waals surface area contributed by atoms with E-state index in [1.165, 1.54) is 4.70 Å². The van der Waals surface area contributed by atoms with E-state index in [0.717, 1.165) is 34.5 Å². The van der Waals surface area contributed by atoms with E-state index in [9.17, 15) is 9.90 Å². The van der Waals surface area contributed by atoms with Gasteiger partial charge < -0.3 is 20.6 Å². The average Bonchev–Trinajstić information content (AvgIpc) is 3.40. The van der Waals surface area contributed by atoms with Crippen LogP contribution in [0.15, 0.2) is 59.6 Å². The number of aliphatic hydroxyl groups is 1. The van der Waals surface area contributed by atoms with E-state index < -0.39 is 6.10 Å². The second-order valence-electron chi connectivity index (χ2n) is 7.32. The van der Waals surface area contributed by atoms with Crippen molar-refractivity contribution in [2.24, 2.45) is 4.99 Å². The van der Waals surface area contributed by atoms with Gasteiger partial charge in [0, 0.05) is 48.4 Å². The first-order chi connectivity index (χ1) is 14.6. The molecule has 1 aliphatic rings. The minimum absolute atomic E-state index is 0. The van der Waals surface area contributed by atoms with Crippen molar-refractivity contribution in [3.05, 3.63) is 65.0 Å². The molecule has 1 aliphatic heterocycles. The lowest BCUT2D eigenvalue weighted by atomic mass is 10.2. The second kappa shape index (κ2) is 10.9. The van der Waals surface area contributed by atoms with Gasteiger partial charge in [-0.15, -0.1) is 35.3 Å². The van der Waals surface area contributed by atoms with Crippen LogP contribution in [-0.4, -0.2) is 37.1 Å². The Kier molecular flexibility index (Phi) is 8.28. The van der Waals surface area contributed by atoms with E-state index in [1.54, 1.807) is 18.4 Å². The molecular formula is C23H27IN4O2S. The summed E-state index contributed by atoms with van der Waals surface area (Å²) in [5.74, 6) is 0.830. The van der Waals surface area contributed by atoms with Crippen LogP contribution in [0.2, 0.25) is 0 Å². The Morgan fingerprint density at radius 2 is 1.97 bits per heavy atom. The number of halogens is 1. The number of hydrogen-bond acceptors (Lipinski definition) is 4. The van der Waals surface area contributed by atoms with Gasteiger partial charge in [-0.05, 0) is 41.6 Å². The summed E-state index contributed by atoms with van der Waals surface area (Å²) in [6, 6.07) is 18.2. The molecule has 2 heterocycles. The van der Waals surface area contributed by atoms with Crippen molar-refractivity contribution in [2.75, 3.05) is 25.0 Å². The second-order valence-corrected chi connectivity index (χ2v) is 8.44. The van der Waals surface area contributed by atoms with Gasteiger partial charge in [-0.25, -0.2) is 0 Å². The van der Waals surface area contributed by atoms with Crippen molar-refractivity contribution >= 4 is 63.0 Å². The molecule has 3 aromatic rings. The number of aliphatic imine (C=N–C) groups is 1. The fraction of sp³-hybridized carbons (Fsp3) is 0.304. The van der Waals surface area contributed by atoms with Crippen molar-refractivity contribution in [3.63, 3.8) is 0 Å². The maximum atomic E-state index is 11.9. The number of aliphatic hydroxyl groups excluding tert-OH is 1. The molecule has 3 N–H and O–H groups in total. The van der Waals surface area contributed by atoms with Gasteiger partial charge in [0.2, 0.25) is 5.91 Å². The lowest BCUT2D eigenvalue weighted by Gasteiger charge is -2.17. The SMILES string of the molecule is CN=C(NCc1ccc(N2CCCC2=O)cc1)NCC(O)c1cc2ccccc2s1.I. The smallest absolute Gasteiger partial charge is 0.227 e. The predicted octanol–water partition coefficient (Wildman–Crippen LogP) is 4.04. The summed E-state index contributed by atoms with van der Waals surface area (Å²) >= 11 is 1.61. The Labute approximate surface area is 203 Å². The van der Waals surface area contributed by atoms with Crippen molar-refractivity contribution in [2.45, 2.75) is 25.5 Å². The highest BCUT2D eigenvalue weighted by atomic mass is 127. The van der Waals surface area contributed by atoms with Gasteiger partial charge >= 0.3 is 0 Å². The number of thiophene rings is 1. The summed E-state index contributed by atoms with van der Waals surface area (Å²) in [6.07, 6.45) is 0.967. The molecule has 1 amide bonds. The molecule has 1 unspecified atom stereocenters. The Hall–Kier alpha value is -2.17. The highest BCUT2D eigenvalue weighted by molar-refractivity contribution is 14.0. The molecule has 1 aromatic heterocycles. The number of amides is 1. The van der Waals surface area contributed by atoms with Crippen molar-refractivity contribution < 1.29 is 9.90 Å². The van der Waals surface area contributed by atoms with E-state index in [2.05, 4.69) is 27.8 Å². The number of anilines is 1. The number of fused-ring (bicyclic) bond motifs is 1. The highest BCUT2D eigenvalue weighted by Gasteiger charge is 2.21. The van der Waals surface area contributed by atoms with E-state index in [1.807, 2.05) is 47.4 Å². The molecule has 6 nitrogen and oxygen atoms in total. The molecular weight excluding hydrogens is 523 g/mol. The van der Waals surface area contributed by atoms with Crippen LogP contribution in [0.5, 0.6) is 0 Å². The molecule has 0 aliphatic carbocycles. The number of benzene rings is 2. The van der Waals surface area contributed by atoms with Gasteiger partial charge in [0.25, 0.3) is 0 Å². The van der Waals surface area contributed by atoms with Gasteiger partial charge in [0.05, 0.1) is 0 Å². The molecule has 0 spiro atoms. The van der Waals surface area contributed by atoms with Crippen LogP contribution in [0.3, 0.4) is 0 Å². The van der Waals surface area contributed by atoms with Gasteiger partial charge in [-0.1, -0.05) is 30.3 Å². The number of nitrogens with zero attached hydrogens (tertiary/aromatic N) is 2. The van der Waals surface area contributed by atoms with E-state index in [-0.39, 0.29) is 29.9 Å². The number of rotatable bonds is 6. The van der Waals surface area contributed by atoms with Gasteiger partial charge in [0.1, 0.15) is 6.10 Å². The quantitative estimate of drug-likeness (QED) is 0.246. The first-order valence-corrected chi connectivity index (χ1v) is 11.0. The minimum Gasteiger partial charge on any atom is -0.386 e. The predicted molar refractivity (Wildman–Crippen MR) is 138 cm³/mol. The fourth-order valence-electron chi connectivity index (χ4n) is 3.58. The zero-order valence-corrected chi connectivity index (χ0v) is 20.5. The number of carbonyl (C=O) groups excluding carboxylic acids is 1. The summed E-state index contributed by atoms with van der Waals surface area (Å²) in [4.78, 5) is 18.9. The van der Waals surface area contributed by atoms with E-state index >= 15 is 0 Å². The first kappa shape index (κ1) is 23.5. The molecule has 1 atom stereocenters. The number of hydrogen-bond donors (Lipinski definition) is 3. The van der Waals surface area contributed by atoms with Crippen molar-refractivity contribution in [1.82, 2.24) is 10.6 Å². The Morgan fingerprint density at radius 3 is 2.65 bits per heavy atom. The highest BCUT2D eigenvalue weighted by Crippen LogP contribution is 2.29. The van der Waals surface area contributed by atoms with Crippen LogP contribution in [0.1, 0.15) is 29.4 Å². The Bertz CT molecular complexity index is 1020. The normalized spacial score (nSPS) is 15.1. The molecule has 164 valence electrons. The summed E-state index contributed by atoms with van der Waals surface area (Å²) in [5.41, 5.74) is 2.05. The van der Waals surface area contributed by atoms with Crippen LogP contribution in [-0.2, 0) is 11.3 Å². The molecule has 4 rings (SSSR count). The van der Waals surface area contributed by atoms with Crippen LogP contribution in [0.25, 0.3) is 10.1 Å². The van der Waals surface area contributed by atoms with Crippen LogP contribution < -0.4 is 15.5 Å². The lowest BCUT2D eigenvalue weighted by molar-refractivity contribution is -0.117. The van der Waals surface area contributed by atoms with E-state index in [0.29, 0.717) is 25.5 Å². The summed E-state index contributed by atoms with van der Waals surface area (Å²) in [7, 11) is 1.71. The Morgan fingerprint density at radius 1 is 1.19 bits per heavy atom. The molecule has 0 bridgehead atoms. The zero-order valence-electron chi connectivity index (χ0n) is 17.4. The summed E-state index contributed by atoms with van der Waals surface area (Å²) < 4.78 is 1.17. The average molecular weight is 550 g/mol. The molecule has 0 saturated carbocycles. The monoisotopic (exact) mass is 550 g/mol. The van der Waals surface area contributed by atoms with Gasteiger partial charge in [-0.2, -0.15) is 0 Å². The van der Waals surface area contributed by atoms with E-state index in [4.69, 9.17) is 0 Å². The molecule has 1 fully saturated rings. The standard InChI is InChI=1S/C23H26N4O2S.HI/c1-24-23(26-15-19(28)21-13-17-5-2-3-6-20(17)30-21)25-14-16-8-10-18(11-9-16)27-12-4-7-22(27)29;/h2-3,5-6,8-11,13,19,28H,4,7,12,14-15H2,1H3,(H2,24,25,26);1H. The zero-order chi connectivity index (χ0) is 20.9. The molecule has 8 heteroatoms. The molecule has 1 saturated heterocycles. The number of carbonyl (C=O) groups is 1. The lowest BCUT2D eigenvalue weighted by Crippen LogP contribution is -2.38. The topological polar surface area (TPSA) is 77.0 Å². The number of guanidine groups is 1. The Balaban J connectivity index is 0.00000272. The third-order valence-electron chi connectivity index (χ3n) is 5.24. The maximum absolute atomic E-state index is 11.9. The maximum Gasteiger partial charge on any atom is 0.227 e. The van der Waals surface area contributed by atoms with Crippen molar-refractivity contribution in [3.8, 4) is 0 Å². The molecule has 0 radical (unpaired) electrons. The summed E-state index contributed by atoms with van der Waals surface area (Å²) in [6.45, 7) is 1.78. The largest absolute Gasteiger partial charge is 0.386 e. The van der Waals surface area contributed by atoms with Crippen LogP contribution >= 0.6 is 35.3 Å². The van der Waals surface area contributed by atoms with Crippen molar-refractivity contribution in [1.29, 1.82) is 0 Å².